The van der Waals surface area contributed by atoms with E-state index < -0.39 is 16.0 Å². The van der Waals surface area contributed by atoms with Gasteiger partial charge in [-0.05, 0) is 55.7 Å². The molecule has 0 aliphatic carbocycles. The molecule has 3 rings (SSSR count). The molecule has 1 N–H and O–H groups in total. The van der Waals surface area contributed by atoms with Gasteiger partial charge in [-0.2, -0.15) is 4.31 Å². The van der Waals surface area contributed by atoms with Crippen LogP contribution in [0.5, 0.6) is 5.75 Å². The number of hydrogen-bond acceptors (Lipinski definition) is 5. The van der Waals surface area contributed by atoms with Crippen molar-refractivity contribution in [3.63, 3.8) is 0 Å². The molecule has 1 fully saturated rings. The lowest BCUT2D eigenvalue weighted by atomic mass is 10.1. The molecule has 0 radical (unpaired) electrons. The summed E-state index contributed by atoms with van der Waals surface area (Å²) in [6, 6.07) is 9.39. The fourth-order valence-corrected chi connectivity index (χ4v) is 5.32. The molecular formula is C20H23ClN2O5S. The minimum absolute atomic E-state index is 0.0312. The fourth-order valence-electron chi connectivity index (χ4n) is 3.43. The number of aromatic carboxylic acids is 1. The van der Waals surface area contributed by atoms with Crippen LogP contribution in [0.25, 0.3) is 0 Å². The van der Waals surface area contributed by atoms with Crippen LogP contribution in [-0.4, -0.2) is 41.1 Å². The van der Waals surface area contributed by atoms with E-state index in [0.717, 1.165) is 6.42 Å². The molecule has 29 heavy (non-hydrogen) atoms. The SMILES string of the molecule is CCCS(=O)(=O)N1CCCC1c1ccc(C(=O)O)c(COc2ccc(Cl)cc2)n1. The van der Waals surface area contributed by atoms with Crippen LogP contribution in [0.1, 0.15) is 54.0 Å². The third kappa shape index (κ3) is 5.07. The van der Waals surface area contributed by atoms with Crippen LogP contribution >= 0.6 is 11.6 Å². The smallest absolute Gasteiger partial charge is 0.337 e. The summed E-state index contributed by atoms with van der Waals surface area (Å²) in [6.45, 7) is 2.23. The molecule has 1 atom stereocenters. The molecule has 2 heterocycles. The average molecular weight is 439 g/mol. The maximum absolute atomic E-state index is 12.6. The largest absolute Gasteiger partial charge is 0.487 e. The van der Waals surface area contributed by atoms with E-state index in [1.165, 1.54) is 10.4 Å². The molecule has 9 heteroatoms. The number of benzene rings is 1. The Morgan fingerprint density at radius 1 is 1.28 bits per heavy atom. The third-order valence-corrected chi connectivity index (χ3v) is 7.11. The molecule has 0 bridgehead atoms. The molecular weight excluding hydrogens is 416 g/mol. The van der Waals surface area contributed by atoms with E-state index >= 15 is 0 Å². The van der Waals surface area contributed by atoms with Crippen molar-refractivity contribution in [2.45, 2.75) is 38.8 Å². The lowest BCUT2D eigenvalue weighted by Gasteiger charge is -2.24. The van der Waals surface area contributed by atoms with Crippen LogP contribution in [0, 0.1) is 0 Å². The average Bonchev–Trinajstić information content (AvgIpc) is 3.18. The highest BCUT2D eigenvalue weighted by molar-refractivity contribution is 7.89. The van der Waals surface area contributed by atoms with E-state index in [-0.39, 0.29) is 29.7 Å². The highest BCUT2D eigenvalue weighted by atomic mass is 35.5. The molecule has 1 aromatic carbocycles. The molecule has 1 saturated heterocycles. The molecule has 0 spiro atoms. The first-order chi connectivity index (χ1) is 13.8. The van der Waals surface area contributed by atoms with Crippen molar-refractivity contribution in [2.75, 3.05) is 12.3 Å². The van der Waals surface area contributed by atoms with E-state index in [1.807, 2.05) is 6.92 Å². The Hall–Kier alpha value is -2.16. The van der Waals surface area contributed by atoms with Crippen molar-refractivity contribution in [1.29, 1.82) is 0 Å². The first kappa shape index (κ1) is 21.5. The number of halogens is 1. The van der Waals surface area contributed by atoms with Crippen LogP contribution in [0.2, 0.25) is 5.02 Å². The summed E-state index contributed by atoms with van der Waals surface area (Å²) in [4.78, 5) is 16.1. The first-order valence-electron chi connectivity index (χ1n) is 9.43. The molecule has 1 aliphatic heterocycles. The van der Waals surface area contributed by atoms with Crippen LogP contribution < -0.4 is 4.74 Å². The van der Waals surface area contributed by atoms with Gasteiger partial charge in [0.1, 0.15) is 12.4 Å². The second kappa shape index (κ2) is 9.11. The van der Waals surface area contributed by atoms with E-state index in [1.54, 1.807) is 30.3 Å². The topological polar surface area (TPSA) is 96.8 Å². The van der Waals surface area contributed by atoms with Gasteiger partial charge in [-0.25, -0.2) is 13.2 Å². The van der Waals surface area contributed by atoms with Gasteiger partial charge in [-0.1, -0.05) is 18.5 Å². The van der Waals surface area contributed by atoms with E-state index in [4.69, 9.17) is 16.3 Å². The van der Waals surface area contributed by atoms with Gasteiger partial charge in [0.05, 0.1) is 28.7 Å². The van der Waals surface area contributed by atoms with Crippen LogP contribution in [0.4, 0.5) is 0 Å². The summed E-state index contributed by atoms with van der Waals surface area (Å²) in [5.74, 6) is -0.491. The lowest BCUT2D eigenvalue weighted by molar-refractivity contribution is 0.0693. The van der Waals surface area contributed by atoms with E-state index in [9.17, 15) is 18.3 Å². The minimum Gasteiger partial charge on any atom is -0.487 e. The summed E-state index contributed by atoms with van der Waals surface area (Å²) < 4.78 is 32.3. The zero-order valence-electron chi connectivity index (χ0n) is 16.0. The van der Waals surface area contributed by atoms with E-state index in [0.29, 0.717) is 35.9 Å². The number of sulfonamides is 1. The van der Waals surface area contributed by atoms with Gasteiger partial charge in [0, 0.05) is 11.6 Å². The Morgan fingerprint density at radius 3 is 2.66 bits per heavy atom. The zero-order chi connectivity index (χ0) is 21.0. The normalized spacial score (nSPS) is 17.4. The van der Waals surface area contributed by atoms with Gasteiger partial charge >= 0.3 is 5.97 Å². The summed E-state index contributed by atoms with van der Waals surface area (Å²) in [6.07, 6.45) is 1.93. The van der Waals surface area contributed by atoms with Gasteiger partial charge in [0.25, 0.3) is 0 Å². The van der Waals surface area contributed by atoms with Gasteiger partial charge < -0.3 is 9.84 Å². The van der Waals surface area contributed by atoms with E-state index in [2.05, 4.69) is 4.98 Å². The van der Waals surface area contributed by atoms with Crippen molar-refractivity contribution in [1.82, 2.24) is 9.29 Å². The van der Waals surface area contributed by atoms with Crippen molar-refractivity contribution >= 4 is 27.6 Å². The minimum atomic E-state index is -3.37. The Morgan fingerprint density at radius 2 is 2.00 bits per heavy atom. The molecule has 1 aromatic heterocycles. The number of carboxylic acid groups (broad SMARTS) is 1. The molecule has 1 unspecified atom stereocenters. The van der Waals surface area contributed by atoms with Crippen LogP contribution in [0.3, 0.4) is 0 Å². The van der Waals surface area contributed by atoms with Gasteiger partial charge in [-0.15, -0.1) is 0 Å². The molecule has 156 valence electrons. The predicted molar refractivity (Wildman–Crippen MR) is 110 cm³/mol. The third-order valence-electron chi connectivity index (χ3n) is 4.78. The maximum Gasteiger partial charge on any atom is 0.337 e. The first-order valence-corrected chi connectivity index (χ1v) is 11.4. The predicted octanol–water partition coefficient (Wildman–Crippen LogP) is 3.89. The van der Waals surface area contributed by atoms with Crippen molar-refractivity contribution in [2.24, 2.45) is 0 Å². The van der Waals surface area contributed by atoms with Gasteiger partial charge in [-0.3, -0.25) is 4.98 Å². The quantitative estimate of drug-likeness (QED) is 0.671. The van der Waals surface area contributed by atoms with Crippen LogP contribution in [-0.2, 0) is 16.6 Å². The van der Waals surface area contributed by atoms with Crippen molar-refractivity contribution in [3.8, 4) is 5.75 Å². The highest BCUT2D eigenvalue weighted by Gasteiger charge is 2.35. The Kier molecular flexibility index (Phi) is 6.77. The van der Waals surface area contributed by atoms with Crippen molar-refractivity contribution < 1.29 is 23.1 Å². The second-order valence-corrected chi connectivity index (χ2v) is 9.34. The zero-order valence-corrected chi connectivity index (χ0v) is 17.6. The summed E-state index contributed by atoms with van der Waals surface area (Å²) in [7, 11) is -3.37. The number of rotatable bonds is 8. The number of hydrogen-bond donors (Lipinski definition) is 1. The lowest BCUT2D eigenvalue weighted by Crippen LogP contribution is -2.33. The Balaban J connectivity index is 1.87. The van der Waals surface area contributed by atoms with Gasteiger partial charge in [0.2, 0.25) is 10.0 Å². The molecule has 0 amide bonds. The molecule has 0 saturated carbocycles. The number of carboxylic acids is 1. The monoisotopic (exact) mass is 438 g/mol. The Labute approximate surface area is 175 Å². The van der Waals surface area contributed by atoms with Gasteiger partial charge in [0.15, 0.2) is 0 Å². The molecule has 1 aliphatic rings. The standard InChI is InChI=1S/C20H23ClN2O5S/c1-2-12-29(26,27)23-11-3-4-19(23)17-10-9-16(20(24)25)18(22-17)13-28-15-7-5-14(21)6-8-15/h5-10,19H,2-4,11-13H2,1H3,(H,24,25). The fraction of sp³-hybridized carbons (Fsp3) is 0.400. The highest BCUT2D eigenvalue weighted by Crippen LogP contribution is 2.34. The summed E-state index contributed by atoms with van der Waals surface area (Å²) >= 11 is 5.86. The van der Waals surface area contributed by atoms with Crippen molar-refractivity contribution in [3.05, 3.63) is 58.4 Å². The van der Waals surface area contributed by atoms with Crippen LogP contribution in [0.15, 0.2) is 36.4 Å². The molecule has 2 aromatic rings. The second-order valence-electron chi connectivity index (χ2n) is 6.86. The Bertz CT molecular complexity index is 979. The number of carbonyl (C=O) groups is 1. The summed E-state index contributed by atoms with van der Waals surface area (Å²) in [5.41, 5.74) is 0.829. The number of nitrogens with zero attached hydrogens (tertiary/aromatic N) is 2. The number of aromatic nitrogens is 1. The number of ether oxygens (including phenoxy) is 1. The summed E-state index contributed by atoms with van der Waals surface area (Å²) in [5, 5.41) is 10.1. The maximum atomic E-state index is 12.6. The number of pyridine rings is 1. The molecule has 7 nitrogen and oxygen atoms in total.